The average Bonchev–Trinajstić information content (AvgIpc) is 3.31. The van der Waals surface area contributed by atoms with Crippen LogP contribution in [-0.4, -0.2) is 39.0 Å². The van der Waals surface area contributed by atoms with E-state index in [9.17, 15) is 14.7 Å². The first-order valence-electron chi connectivity index (χ1n) is 10.4. The number of benzene rings is 3. The van der Waals surface area contributed by atoms with Gasteiger partial charge in [0, 0.05) is 22.5 Å². The van der Waals surface area contributed by atoms with E-state index >= 15 is 0 Å². The van der Waals surface area contributed by atoms with Crippen molar-refractivity contribution in [3.63, 3.8) is 0 Å². The highest BCUT2D eigenvalue weighted by molar-refractivity contribution is 7.98. The first-order valence-corrected chi connectivity index (χ1v) is 12.4. The Labute approximate surface area is 205 Å². The Morgan fingerprint density at radius 2 is 1.68 bits per heavy atom. The second-order valence-corrected chi connectivity index (χ2v) is 9.07. The van der Waals surface area contributed by atoms with Crippen molar-refractivity contribution in [3.05, 3.63) is 88.5 Å². The van der Waals surface area contributed by atoms with Crippen LogP contribution in [0.5, 0.6) is 5.75 Å². The first-order chi connectivity index (χ1) is 16.4. The highest BCUT2D eigenvalue weighted by Gasteiger charge is 2.24. The highest BCUT2D eigenvalue weighted by atomic mass is 32.2. The summed E-state index contributed by atoms with van der Waals surface area (Å²) in [5, 5.41) is 10.2. The summed E-state index contributed by atoms with van der Waals surface area (Å²) in [6.07, 6.45) is 2.11. The van der Waals surface area contributed by atoms with Gasteiger partial charge in [0.25, 0.3) is 0 Å². The molecule has 0 aliphatic heterocycles. The summed E-state index contributed by atoms with van der Waals surface area (Å²) in [7, 11) is 1.60. The lowest BCUT2D eigenvalue weighted by molar-refractivity contribution is -0.130. The van der Waals surface area contributed by atoms with Gasteiger partial charge in [0.1, 0.15) is 16.8 Å². The molecule has 0 spiro atoms. The Bertz CT molecular complexity index is 1410. The van der Waals surface area contributed by atoms with Gasteiger partial charge in [-0.15, -0.1) is 11.8 Å². The van der Waals surface area contributed by atoms with E-state index in [1.807, 2.05) is 43.5 Å². The molecular formula is C26H22N2O4S2. The molecule has 3 aromatic carbocycles. The van der Waals surface area contributed by atoms with Crippen LogP contribution in [0.4, 0.5) is 0 Å². The minimum Gasteiger partial charge on any atom is -0.496 e. The summed E-state index contributed by atoms with van der Waals surface area (Å²) < 4.78 is 13.8. The number of rotatable bonds is 8. The monoisotopic (exact) mass is 490 g/mol. The van der Waals surface area contributed by atoms with E-state index < -0.39 is 5.97 Å². The Balaban J connectivity index is 1.89. The molecule has 1 heterocycles. The number of aliphatic carboxylic acids is 1. The SMILES string of the molecule is COc1ccc(CC(C(=O)c2ccc(SC)cc2)=C(C(=O)O)c2ccc3nsnc3c2)cc1C. The number of thioether (sulfide) groups is 1. The molecule has 0 bridgehead atoms. The molecule has 4 aromatic rings. The van der Waals surface area contributed by atoms with Crippen LogP contribution < -0.4 is 4.74 Å². The second kappa shape index (κ2) is 10.2. The molecule has 1 aromatic heterocycles. The maximum Gasteiger partial charge on any atom is 0.336 e. The largest absolute Gasteiger partial charge is 0.496 e. The van der Waals surface area contributed by atoms with Crippen LogP contribution in [-0.2, 0) is 11.2 Å². The van der Waals surface area contributed by atoms with Crippen LogP contribution in [0.2, 0.25) is 0 Å². The number of carboxylic acid groups (broad SMARTS) is 1. The summed E-state index contributed by atoms with van der Waals surface area (Å²) in [4.78, 5) is 27.3. The van der Waals surface area contributed by atoms with E-state index in [0.29, 0.717) is 22.2 Å². The fourth-order valence-electron chi connectivity index (χ4n) is 3.82. The predicted molar refractivity (Wildman–Crippen MR) is 136 cm³/mol. The van der Waals surface area contributed by atoms with Gasteiger partial charge in [0.2, 0.25) is 0 Å². The van der Waals surface area contributed by atoms with E-state index in [0.717, 1.165) is 33.5 Å². The standard InChI is InChI=1S/C26H22N2O4S2/c1-15-12-16(4-11-23(15)32-2)13-20(25(29)17-5-8-19(33-3)9-6-17)24(26(30)31)18-7-10-21-22(14-18)28-34-27-21/h4-12,14H,13H2,1-3H3,(H,30,31). The van der Waals surface area contributed by atoms with Crippen LogP contribution in [0.3, 0.4) is 0 Å². The van der Waals surface area contributed by atoms with Gasteiger partial charge >= 0.3 is 5.97 Å². The van der Waals surface area contributed by atoms with Crippen molar-refractivity contribution in [1.29, 1.82) is 0 Å². The third-order valence-corrected chi connectivity index (χ3v) is 6.82. The Morgan fingerprint density at radius 1 is 0.971 bits per heavy atom. The minimum atomic E-state index is -1.17. The third-order valence-electron chi connectivity index (χ3n) is 5.52. The number of Topliss-reactive ketones (excluding diaryl/α,β-unsaturated/α-hetero) is 1. The summed E-state index contributed by atoms with van der Waals surface area (Å²) in [5.41, 5.74) is 4.02. The molecule has 0 aliphatic carbocycles. The number of nitrogens with zero attached hydrogens (tertiary/aromatic N) is 2. The summed E-state index contributed by atoms with van der Waals surface area (Å²) in [5.74, 6) is -0.764. The van der Waals surface area contributed by atoms with Crippen molar-refractivity contribution in [3.8, 4) is 5.75 Å². The molecule has 0 atom stereocenters. The number of aromatic nitrogens is 2. The van der Waals surface area contributed by atoms with Gasteiger partial charge in [0.05, 0.1) is 24.4 Å². The van der Waals surface area contributed by atoms with Crippen LogP contribution in [0.25, 0.3) is 16.6 Å². The zero-order valence-corrected chi connectivity index (χ0v) is 20.5. The van der Waals surface area contributed by atoms with Crippen molar-refractivity contribution < 1.29 is 19.4 Å². The van der Waals surface area contributed by atoms with E-state index in [4.69, 9.17) is 4.74 Å². The minimum absolute atomic E-state index is 0.0395. The van der Waals surface area contributed by atoms with Crippen molar-refractivity contribution >= 4 is 51.8 Å². The summed E-state index contributed by atoms with van der Waals surface area (Å²) in [6, 6.07) is 17.9. The van der Waals surface area contributed by atoms with Crippen LogP contribution in [0.15, 0.2) is 71.1 Å². The Kier molecular flexibility index (Phi) is 7.09. The quantitative estimate of drug-likeness (QED) is 0.193. The molecule has 0 unspecified atom stereocenters. The number of carbonyl (C=O) groups is 2. The van der Waals surface area contributed by atoms with Crippen LogP contribution in [0, 0.1) is 6.92 Å². The Morgan fingerprint density at radius 3 is 2.32 bits per heavy atom. The highest BCUT2D eigenvalue weighted by Crippen LogP contribution is 2.29. The van der Waals surface area contributed by atoms with Crippen LogP contribution >= 0.6 is 23.5 Å². The van der Waals surface area contributed by atoms with E-state index in [2.05, 4.69) is 8.75 Å². The molecule has 0 amide bonds. The molecule has 172 valence electrons. The third kappa shape index (κ3) is 4.88. The number of aryl methyl sites for hydroxylation is 1. The number of fused-ring (bicyclic) bond motifs is 1. The van der Waals surface area contributed by atoms with Gasteiger partial charge in [-0.25, -0.2) is 4.79 Å². The van der Waals surface area contributed by atoms with Gasteiger partial charge in [-0.05, 0) is 72.3 Å². The normalized spacial score (nSPS) is 11.9. The smallest absolute Gasteiger partial charge is 0.336 e. The number of carbonyl (C=O) groups excluding carboxylic acids is 1. The number of carboxylic acids is 1. The van der Waals surface area contributed by atoms with E-state index in [1.54, 1.807) is 49.2 Å². The zero-order chi connectivity index (χ0) is 24.2. The number of methoxy groups -OCH3 is 1. The number of hydrogen-bond acceptors (Lipinski definition) is 7. The molecule has 1 N–H and O–H groups in total. The van der Waals surface area contributed by atoms with Crippen molar-refractivity contribution in [2.24, 2.45) is 0 Å². The van der Waals surface area contributed by atoms with Gasteiger partial charge in [0.15, 0.2) is 5.78 Å². The lowest BCUT2D eigenvalue weighted by Gasteiger charge is -2.14. The molecule has 0 aliphatic rings. The topological polar surface area (TPSA) is 89.4 Å². The number of hydrogen-bond donors (Lipinski definition) is 1. The molecule has 6 nitrogen and oxygen atoms in total. The molecule has 0 fully saturated rings. The summed E-state index contributed by atoms with van der Waals surface area (Å²) in [6.45, 7) is 1.91. The number of ketones is 1. The fraction of sp³-hybridized carbons (Fsp3) is 0.154. The fourth-order valence-corrected chi connectivity index (χ4v) is 4.74. The molecule has 0 saturated heterocycles. The molecule has 8 heteroatoms. The lowest BCUT2D eigenvalue weighted by Crippen LogP contribution is -2.14. The molecule has 0 radical (unpaired) electrons. The maximum atomic E-state index is 13.7. The number of ether oxygens (including phenoxy) is 1. The zero-order valence-electron chi connectivity index (χ0n) is 18.9. The van der Waals surface area contributed by atoms with Crippen molar-refractivity contribution in [2.75, 3.05) is 13.4 Å². The molecule has 34 heavy (non-hydrogen) atoms. The van der Waals surface area contributed by atoms with Crippen molar-refractivity contribution in [2.45, 2.75) is 18.2 Å². The van der Waals surface area contributed by atoms with E-state index in [-0.39, 0.29) is 23.4 Å². The lowest BCUT2D eigenvalue weighted by atomic mass is 9.89. The van der Waals surface area contributed by atoms with Crippen LogP contribution in [0.1, 0.15) is 27.0 Å². The van der Waals surface area contributed by atoms with Gasteiger partial charge in [-0.2, -0.15) is 8.75 Å². The van der Waals surface area contributed by atoms with E-state index in [1.165, 1.54) is 0 Å². The molecule has 4 rings (SSSR count). The molecular weight excluding hydrogens is 468 g/mol. The van der Waals surface area contributed by atoms with Crippen molar-refractivity contribution in [1.82, 2.24) is 8.75 Å². The maximum absolute atomic E-state index is 13.7. The number of allylic oxidation sites excluding steroid dienone is 1. The summed E-state index contributed by atoms with van der Waals surface area (Å²) >= 11 is 2.63. The van der Waals surface area contributed by atoms with Gasteiger partial charge in [-0.3, -0.25) is 4.79 Å². The Hall–Kier alpha value is -3.49. The predicted octanol–water partition coefficient (Wildman–Crippen LogP) is 5.69. The van der Waals surface area contributed by atoms with Gasteiger partial charge < -0.3 is 9.84 Å². The first kappa shape index (κ1) is 23.7. The molecule has 0 saturated carbocycles. The second-order valence-electron chi connectivity index (χ2n) is 7.66. The average molecular weight is 491 g/mol. The van der Waals surface area contributed by atoms with Gasteiger partial charge in [-0.1, -0.05) is 18.2 Å².